The number of hydrogen-bond donors (Lipinski definition) is 1. The Balaban J connectivity index is 2.29. The van der Waals surface area contributed by atoms with Crippen LogP contribution in [0.15, 0.2) is 18.2 Å². The van der Waals surface area contributed by atoms with Gasteiger partial charge in [-0.25, -0.2) is 0 Å². The molecule has 0 amide bonds. The van der Waals surface area contributed by atoms with E-state index in [1.165, 1.54) is 5.56 Å². The normalized spacial score (nSPS) is 23.6. The van der Waals surface area contributed by atoms with Crippen LogP contribution in [0.4, 0.5) is 0 Å². The molecule has 1 fully saturated rings. The largest absolute Gasteiger partial charge is 0.493 e. The molecule has 112 valence electrons. The van der Waals surface area contributed by atoms with E-state index in [0.717, 1.165) is 31.1 Å². The van der Waals surface area contributed by atoms with Gasteiger partial charge >= 0.3 is 0 Å². The van der Waals surface area contributed by atoms with E-state index in [1.54, 1.807) is 14.2 Å². The molecule has 0 spiro atoms. The third kappa shape index (κ3) is 3.07. The van der Waals surface area contributed by atoms with E-state index < -0.39 is 0 Å². The zero-order valence-electron chi connectivity index (χ0n) is 12.8. The van der Waals surface area contributed by atoms with E-state index in [1.807, 2.05) is 6.07 Å². The van der Waals surface area contributed by atoms with E-state index in [4.69, 9.17) is 14.2 Å². The Morgan fingerprint density at radius 3 is 2.60 bits per heavy atom. The molecule has 4 nitrogen and oxygen atoms in total. The summed E-state index contributed by atoms with van der Waals surface area (Å²) in [5, 5.41) is 3.58. The van der Waals surface area contributed by atoms with Crippen molar-refractivity contribution in [3.8, 4) is 11.5 Å². The first-order valence-electron chi connectivity index (χ1n) is 7.28. The number of rotatable bonds is 6. The van der Waals surface area contributed by atoms with Gasteiger partial charge in [-0.3, -0.25) is 0 Å². The summed E-state index contributed by atoms with van der Waals surface area (Å²) in [6, 6.07) is 6.44. The lowest BCUT2D eigenvalue weighted by Crippen LogP contribution is -2.31. The fraction of sp³-hybridized carbons (Fsp3) is 0.625. The summed E-state index contributed by atoms with van der Waals surface area (Å²) in [6.45, 7) is 6.07. The molecule has 1 aromatic carbocycles. The summed E-state index contributed by atoms with van der Waals surface area (Å²) in [5.41, 5.74) is 1.23. The van der Waals surface area contributed by atoms with Crippen molar-refractivity contribution in [2.75, 3.05) is 27.4 Å². The van der Waals surface area contributed by atoms with Crippen LogP contribution in [0.3, 0.4) is 0 Å². The molecule has 1 saturated heterocycles. The molecule has 0 bridgehead atoms. The van der Waals surface area contributed by atoms with E-state index in [2.05, 4.69) is 31.3 Å². The molecule has 3 atom stereocenters. The summed E-state index contributed by atoms with van der Waals surface area (Å²) < 4.78 is 16.4. The van der Waals surface area contributed by atoms with Crippen molar-refractivity contribution in [1.82, 2.24) is 5.32 Å². The van der Waals surface area contributed by atoms with Gasteiger partial charge in [0.1, 0.15) is 0 Å². The SMILES string of the molecule is CCNC(c1ccc(OC)c(OC)c1)C1CCOC1C. The second-order valence-corrected chi connectivity index (χ2v) is 5.18. The number of benzene rings is 1. The molecule has 4 heteroatoms. The van der Waals surface area contributed by atoms with Crippen molar-refractivity contribution >= 4 is 0 Å². The topological polar surface area (TPSA) is 39.7 Å². The van der Waals surface area contributed by atoms with Gasteiger partial charge in [0.15, 0.2) is 11.5 Å². The predicted molar refractivity (Wildman–Crippen MR) is 79.5 cm³/mol. The molecule has 20 heavy (non-hydrogen) atoms. The quantitative estimate of drug-likeness (QED) is 0.869. The third-order valence-corrected chi connectivity index (χ3v) is 4.05. The van der Waals surface area contributed by atoms with E-state index in [0.29, 0.717) is 5.92 Å². The Bertz CT molecular complexity index is 436. The Labute approximate surface area is 121 Å². The molecular weight excluding hydrogens is 254 g/mol. The molecule has 1 heterocycles. The van der Waals surface area contributed by atoms with Crippen LogP contribution in [0.5, 0.6) is 11.5 Å². The summed E-state index contributed by atoms with van der Waals surface area (Å²) in [7, 11) is 3.33. The summed E-state index contributed by atoms with van der Waals surface area (Å²) in [6.07, 6.45) is 1.37. The molecule has 3 unspecified atom stereocenters. The fourth-order valence-electron chi connectivity index (χ4n) is 2.97. The molecule has 0 aliphatic carbocycles. The van der Waals surface area contributed by atoms with E-state index in [9.17, 15) is 0 Å². The van der Waals surface area contributed by atoms with Crippen LogP contribution in [0.1, 0.15) is 31.9 Å². The van der Waals surface area contributed by atoms with Crippen LogP contribution in [-0.4, -0.2) is 33.5 Å². The van der Waals surface area contributed by atoms with Gasteiger partial charge in [0, 0.05) is 18.6 Å². The van der Waals surface area contributed by atoms with Crippen LogP contribution in [0.2, 0.25) is 0 Å². The van der Waals surface area contributed by atoms with Crippen LogP contribution in [0, 0.1) is 5.92 Å². The maximum Gasteiger partial charge on any atom is 0.161 e. The minimum absolute atomic E-state index is 0.284. The highest BCUT2D eigenvalue weighted by Gasteiger charge is 2.32. The van der Waals surface area contributed by atoms with Gasteiger partial charge in [0.05, 0.1) is 20.3 Å². The Morgan fingerprint density at radius 2 is 2.05 bits per heavy atom. The number of hydrogen-bond acceptors (Lipinski definition) is 4. The lowest BCUT2D eigenvalue weighted by molar-refractivity contribution is 0.0955. The van der Waals surface area contributed by atoms with Crippen molar-refractivity contribution in [3.05, 3.63) is 23.8 Å². The maximum atomic E-state index is 5.72. The first kappa shape index (κ1) is 15.1. The van der Waals surface area contributed by atoms with Gasteiger partial charge in [0.2, 0.25) is 0 Å². The summed E-state index contributed by atoms with van der Waals surface area (Å²) >= 11 is 0. The lowest BCUT2D eigenvalue weighted by Gasteiger charge is -2.27. The third-order valence-electron chi connectivity index (χ3n) is 4.05. The average molecular weight is 279 g/mol. The van der Waals surface area contributed by atoms with Crippen LogP contribution >= 0.6 is 0 Å². The zero-order valence-corrected chi connectivity index (χ0v) is 12.8. The number of methoxy groups -OCH3 is 2. The molecule has 0 radical (unpaired) electrons. The minimum Gasteiger partial charge on any atom is -0.493 e. The van der Waals surface area contributed by atoms with Crippen LogP contribution < -0.4 is 14.8 Å². The molecule has 1 aromatic rings. The van der Waals surface area contributed by atoms with Gasteiger partial charge in [-0.05, 0) is 37.6 Å². The number of nitrogens with one attached hydrogen (secondary N) is 1. The van der Waals surface area contributed by atoms with Crippen LogP contribution in [0.25, 0.3) is 0 Å². The Kier molecular flexibility index (Phi) is 5.26. The van der Waals surface area contributed by atoms with Gasteiger partial charge in [-0.2, -0.15) is 0 Å². The average Bonchev–Trinajstić information content (AvgIpc) is 2.90. The zero-order chi connectivity index (χ0) is 14.5. The predicted octanol–water partition coefficient (Wildman–Crippen LogP) is 2.78. The minimum atomic E-state index is 0.284. The van der Waals surface area contributed by atoms with Crippen molar-refractivity contribution in [2.45, 2.75) is 32.4 Å². The lowest BCUT2D eigenvalue weighted by atomic mass is 9.88. The summed E-state index contributed by atoms with van der Waals surface area (Å²) in [4.78, 5) is 0. The molecular formula is C16H25NO3. The highest BCUT2D eigenvalue weighted by molar-refractivity contribution is 5.44. The van der Waals surface area contributed by atoms with Crippen molar-refractivity contribution in [1.29, 1.82) is 0 Å². The Morgan fingerprint density at radius 1 is 1.30 bits per heavy atom. The highest BCUT2D eigenvalue weighted by Crippen LogP contribution is 2.37. The monoisotopic (exact) mass is 279 g/mol. The standard InChI is InChI=1S/C16H25NO3/c1-5-17-16(13-8-9-20-11(13)2)12-6-7-14(18-3)15(10-12)19-4/h6-7,10-11,13,16-17H,5,8-9H2,1-4H3. The maximum absolute atomic E-state index is 5.72. The smallest absolute Gasteiger partial charge is 0.161 e. The first-order chi connectivity index (χ1) is 9.71. The van der Waals surface area contributed by atoms with Gasteiger partial charge in [-0.15, -0.1) is 0 Å². The van der Waals surface area contributed by atoms with Gasteiger partial charge in [0.25, 0.3) is 0 Å². The second kappa shape index (κ2) is 6.95. The van der Waals surface area contributed by atoms with Gasteiger partial charge < -0.3 is 19.5 Å². The molecule has 2 rings (SSSR count). The summed E-state index contributed by atoms with van der Waals surface area (Å²) in [5.74, 6) is 2.04. The first-order valence-corrected chi connectivity index (χ1v) is 7.28. The second-order valence-electron chi connectivity index (χ2n) is 5.18. The van der Waals surface area contributed by atoms with Crippen LogP contribution in [-0.2, 0) is 4.74 Å². The van der Waals surface area contributed by atoms with Crippen molar-refractivity contribution in [3.63, 3.8) is 0 Å². The highest BCUT2D eigenvalue weighted by atomic mass is 16.5. The Hall–Kier alpha value is -1.26. The van der Waals surface area contributed by atoms with E-state index in [-0.39, 0.29) is 12.1 Å². The molecule has 1 aliphatic rings. The molecule has 1 aliphatic heterocycles. The van der Waals surface area contributed by atoms with Crippen molar-refractivity contribution in [2.24, 2.45) is 5.92 Å². The van der Waals surface area contributed by atoms with Crippen molar-refractivity contribution < 1.29 is 14.2 Å². The number of ether oxygens (including phenoxy) is 3. The molecule has 0 saturated carbocycles. The van der Waals surface area contributed by atoms with Gasteiger partial charge in [-0.1, -0.05) is 13.0 Å². The molecule has 1 N–H and O–H groups in total. The van der Waals surface area contributed by atoms with E-state index >= 15 is 0 Å². The fourth-order valence-corrected chi connectivity index (χ4v) is 2.97. The molecule has 0 aromatic heterocycles.